The van der Waals surface area contributed by atoms with Crippen molar-refractivity contribution in [3.8, 4) is 0 Å². The van der Waals surface area contributed by atoms with Crippen LogP contribution in [0.1, 0.15) is 39.5 Å². The summed E-state index contributed by atoms with van der Waals surface area (Å²) in [5.74, 6) is 0.645. The lowest BCUT2D eigenvalue weighted by Crippen LogP contribution is -2.46. The normalized spacial score (nSPS) is 28.2. The molecule has 0 radical (unpaired) electrons. The molecule has 1 N–H and O–H groups in total. The first-order chi connectivity index (χ1) is 9.63. The molecule has 1 aliphatic carbocycles. The Morgan fingerprint density at radius 3 is 2.80 bits per heavy atom. The second-order valence-corrected chi connectivity index (χ2v) is 7.79. The smallest absolute Gasteiger partial charge is 0.0591 e. The molecule has 4 heteroatoms. The molecule has 1 aromatic carbocycles. The predicted octanol–water partition coefficient (Wildman–Crippen LogP) is 4.00. The lowest BCUT2D eigenvalue weighted by Gasteiger charge is -2.35. The molecular weight excluding hydrogens is 290 g/mol. The van der Waals surface area contributed by atoms with Gasteiger partial charge in [0.05, 0.1) is 26.0 Å². The van der Waals surface area contributed by atoms with E-state index in [2.05, 4.69) is 19.2 Å². The summed E-state index contributed by atoms with van der Waals surface area (Å²) < 4.78 is 12.9. The van der Waals surface area contributed by atoms with Crippen LogP contribution in [-0.4, -0.2) is 22.0 Å². The minimum atomic E-state index is -1.03. The van der Waals surface area contributed by atoms with Crippen molar-refractivity contribution in [2.75, 3.05) is 6.54 Å². The van der Waals surface area contributed by atoms with E-state index in [-0.39, 0.29) is 5.25 Å². The summed E-state index contributed by atoms with van der Waals surface area (Å²) in [6.07, 6.45) is 4.45. The largest absolute Gasteiger partial charge is 0.313 e. The Kier molecular flexibility index (Phi) is 6.06. The Morgan fingerprint density at radius 2 is 2.10 bits per heavy atom. The average molecular weight is 314 g/mol. The van der Waals surface area contributed by atoms with Crippen LogP contribution in [0.3, 0.4) is 0 Å². The fourth-order valence-corrected chi connectivity index (χ4v) is 5.10. The Morgan fingerprint density at radius 1 is 1.35 bits per heavy atom. The molecular formula is C16H24ClNOS. The van der Waals surface area contributed by atoms with Gasteiger partial charge in [-0.15, -0.1) is 0 Å². The third kappa shape index (κ3) is 3.84. The molecule has 4 unspecified atom stereocenters. The fraction of sp³-hybridized carbons (Fsp3) is 0.625. The second kappa shape index (κ2) is 7.58. The fourth-order valence-electron chi connectivity index (χ4n) is 2.90. The summed E-state index contributed by atoms with van der Waals surface area (Å²) in [5.41, 5.74) is 0. The molecule has 2 nitrogen and oxygen atoms in total. The van der Waals surface area contributed by atoms with Gasteiger partial charge < -0.3 is 5.32 Å². The van der Waals surface area contributed by atoms with E-state index < -0.39 is 10.8 Å². The maximum atomic E-state index is 12.9. The molecule has 0 spiro atoms. The van der Waals surface area contributed by atoms with Gasteiger partial charge in [-0.05, 0) is 50.3 Å². The van der Waals surface area contributed by atoms with Crippen LogP contribution in [0.25, 0.3) is 0 Å². The molecule has 1 saturated carbocycles. The van der Waals surface area contributed by atoms with E-state index in [1.807, 2.05) is 24.3 Å². The molecule has 0 heterocycles. The van der Waals surface area contributed by atoms with Gasteiger partial charge in [-0.25, -0.2) is 0 Å². The third-order valence-corrected chi connectivity index (χ3v) is 6.34. The molecule has 112 valence electrons. The highest BCUT2D eigenvalue weighted by molar-refractivity contribution is 7.85. The summed E-state index contributed by atoms with van der Waals surface area (Å²) in [4.78, 5) is 0.788. The van der Waals surface area contributed by atoms with Crippen molar-refractivity contribution in [1.82, 2.24) is 5.32 Å². The van der Waals surface area contributed by atoms with Crippen molar-refractivity contribution >= 4 is 22.4 Å². The maximum Gasteiger partial charge on any atom is 0.0591 e. The maximum absolute atomic E-state index is 12.9. The zero-order valence-corrected chi connectivity index (χ0v) is 13.8. The molecule has 20 heavy (non-hydrogen) atoms. The van der Waals surface area contributed by atoms with Gasteiger partial charge >= 0.3 is 0 Å². The quantitative estimate of drug-likeness (QED) is 0.890. The molecule has 0 bridgehead atoms. The highest BCUT2D eigenvalue weighted by Gasteiger charge is 2.33. The van der Waals surface area contributed by atoms with E-state index >= 15 is 0 Å². The minimum Gasteiger partial charge on any atom is -0.313 e. The van der Waals surface area contributed by atoms with Crippen LogP contribution in [-0.2, 0) is 10.8 Å². The first kappa shape index (κ1) is 16.0. The Hall–Kier alpha value is -0.380. The van der Waals surface area contributed by atoms with Crippen LogP contribution in [0.4, 0.5) is 0 Å². The van der Waals surface area contributed by atoms with Crippen molar-refractivity contribution in [3.05, 3.63) is 29.3 Å². The number of halogens is 1. The van der Waals surface area contributed by atoms with Crippen molar-refractivity contribution in [3.63, 3.8) is 0 Å². The summed E-state index contributed by atoms with van der Waals surface area (Å²) >= 11 is 6.21. The molecule has 0 saturated heterocycles. The minimum absolute atomic E-state index is 0.171. The SMILES string of the molecule is CCCNC1CCC(C)CC1S(=O)c1ccccc1Cl. The Balaban J connectivity index is 2.17. The molecule has 0 aromatic heterocycles. The van der Waals surface area contributed by atoms with Gasteiger partial charge in [0.15, 0.2) is 0 Å². The van der Waals surface area contributed by atoms with Gasteiger partial charge in [-0.3, -0.25) is 4.21 Å². The molecule has 2 rings (SSSR count). The summed E-state index contributed by atoms with van der Waals surface area (Å²) in [5, 5.41) is 4.37. The van der Waals surface area contributed by atoms with Crippen LogP contribution < -0.4 is 5.32 Å². The van der Waals surface area contributed by atoms with Crippen LogP contribution in [0.5, 0.6) is 0 Å². The lowest BCUT2D eigenvalue weighted by molar-refractivity contribution is 0.313. The van der Waals surface area contributed by atoms with Crippen molar-refractivity contribution in [1.29, 1.82) is 0 Å². The van der Waals surface area contributed by atoms with Gasteiger partial charge in [0.2, 0.25) is 0 Å². The zero-order valence-electron chi connectivity index (χ0n) is 12.3. The van der Waals surface area contributed by atoms with E-state index in [1.165, 1.54) is 6.42 Å². The first-order valence-corrected chi connectivity index (χ1v) is 9.11. The van der Waals surface area contributed by atoms with Crippen LogP contribution in [0.15, 0.2) is 29.2 Å². The summed E-state index contributed by atoms with van der Waals surface area (Å²) in [7, 11) is -1.03. The Bertz CT molecular complexity index is 464. The van der Waals surface area contributed by atoms with Gasteiger partial charge in [0.1, 0.15) is 0 Å². The second-order valence-electron chi connectivity index (χ2n) is 5.75. The zero-order chi connectivity index (χ0) is 14.5. The number of nitrogens with one attached hydrogen (secondary N) is 1. The van der Waals surface area contributed by atoms with Crippen LogP contribution in [0.2, 0.25) is 5.02 Å². The lowest BCUT2D eigenvalue weighted by atomic mass is 9.87. The number of hydrogen-bond acceptors (Lipinski definition) is 2. The Labute approximate surface area is 129 Å². The van der Waals surface area contributed by atoms with Crippen LogP contribution in [0, 0.1) is 5.92 Å². The highest BCUT2D eigenvalue weighted by atomic mass is 35.5. The van der Waals surface area contributed by atoms with E-state index in [9.17, 15) is 4.21 Å². The van der Waals surface area contributed by atoms with Crippen molar-refractivity contribution in [2.24, 2.45) is 5.92 Å². The van der Waals surface area contributed by atoms with E-state index in [0.29, 0.717) is 17.0 Å². The number of rotatable bonds is 5. The molecule has 0 aliphatic heterocycles. The molecule has 4 atom stereocenters. The van der Waals surface area contributed by atoms with Crippen molar-refractivity contribution < 1.29 is 4.21 Å². The van der Waals surface area contributed by atoms with Gasteiger partial charge in [-0.2, -0.15) is 0 Å². The van der Waals surface area contributed by atoms with Gasteiger partial charge in [0, 0.05) is 6.04 Å². The van der Waals surface area contributed by atoms with E-state index in [4.69, 9.17) is 11.6 Å². The number of hydrogen-bond donors (Lipinski definition) is 1. The molecule has 1 aromatic rings. The van der Waals surface area contributed by atoms with Crippen LogP contribution >= 0.6 is 11.6 Å². The van der Waals surface area contributed by atoms with Crippen molar-refractivity contribution in [2.45, 2.75) is 55.7 Å². The van der Waals surface area contributed by atoms with E-state index in [1.54, 1.807) is 0 Å². The topological polar surface area (TPSA) is 29.1 Å². The molecule has 0 amide bonds. The average Bonchev–Trinajstić information content (AvgIpc) is 2.46. The third-order valence-electron chi connectivity index (χ3n) is 4.04. The number of benzene rings is 1. The monoisotopic (exact) mass is 313 g/mol. The summed E-state index contributed by atoms with van der Waals surface area (Å²) in [6, 6.07) is 7.88. The highest BCUT2D eigenvalue weighted by Crippen LogP contribution is 2.32. The molecule has 1 fully saturated rings. The summed E-state index contributed by atoms with van der Waals surface area (Å²) in [6.45, 7) is 5.42. The first-order valence-electron chi connectivity index (χ1n) is 7.52. The standard InChI is InChI=1S/C16H24ClNOS/c1-3-10-18-14-9-8-12(2)11-16(14)20(19)15-7-5-4-6-13(15)17/h4-7,12,14,16,18H,3,8-11H2,1-2H3. The van der Waals surface area contributed by atoms with E-state index in [0.717, 1.165) is 30.7 Å². The molecule has 1 aliphatic rings. The van der Waals surface area contributed by atoms with Gasteiger partial charge in [0.25, 0.3) is 0 Å². The van der Waals surface area contributed by atoms with Gasteiger partial charge in [-0.1, -0.05) is 37.6 Å². The predicted molar refractivity (Wildman–Crippen MR) is 86.7 cm³/mol.